The van der Waals surface area contributed by atoms with Crippen molar-refractivity contribution in [2.75, 3.05) is 13.2 Å². The fourth-order valence-corrected chi connectivity index (χ4v) is 2.70. The van der Waals surface area contributed by atoms with Crippen LogP contribution in [0.2, 0.25) is 5.02 Å². The summed E-state index contributed by atoms with van der Waals surface area (Å²) in [7, 11) is 0. The number of hydrogen-bond acceptors (Lipinski definition) is 2. The fourth-order valence-electron chi connectivity index (χ4n) is 2.36. The topological polar surface area (TPSA) is 40.5 Å². The summed E-state index contributed by atoms with van der Waals surface area (Å²) in [6.07, 6.45) is 0.140. The van der Waals surface area contributed by atoms with E-state index in [1.165, 1.54) is 6.07 Å². The van der Waals surface area contributed by atoms with E-state index >= 15 is 0 Å². The summed E-state index contributed by atoms with van der Waals surface area (Å²) in [5.41, 5.74) is -0.0129. The molecule has 0 aliphatic rings. The summed E-state index contributed by atoms with van der Waals surface area (Å²) in [4.78, 5) is 0. The molecule has 21 heavy (non-hydrogen) atoms. The number of halogens is 3. The normalized spacial score (nSPS) is 11.7. The zero-order valence-electron chi connectivity index (χ0n) is 11.2. The molecule has 0 bridgehead atoms. The van der Waals surface area contributed by atoms with Gasteiger partial charge in [-0.2, -0.15) is 0 Å². The Kier molecular flexibility index (Phi) is 4.93. The van der Waals surface area contributed by atoms with Gasteiger partial charge in [0.15, 0.2) is 11.6 Å². The average Bonchev–Trinajstić information content (AvgIpc) is 2.49. The predicted molar refractivity (Wildman–Crippen MR) is 77.4 cm³/mol. The van der Waals surface area contributed by atoms with Crippen LogP contribution in [0.15, 0.2) is 42.5 Å². The summed E-state index contributed by atoms with van der Waals surface area (Å²) in [6.45, 7) is -0.738. The predicted octanol–water partition coefficient (Wildman–Crippen LogP) is 3.08. The number of benzene rings is 2. The maximum Gasteiger partial charge on any atom is 0.159 e. The van der Waals surface area contributed by atoms with Crippen molar-refractivity contribution in [1.29, 1.82) is 0 Å². The first-order valence-corrected chi connectivity index (χ1v) is 6.81. The minimum absolute atomic E-state index is 0.140. The van der Waals surface area contributed by atoms with Gasteiger partial charge in [0.1, 0.15) is 0 Å². The van der Waals surface area contributed by atoms with Gasteiger partial charge in [0.05, 0.1) is 13.2 Å². The number of hydrogen-bond donors (Lipinski definition) is 2. The van der Waals surface area contributed by atoms with Crippen molar-refractivity contribution in [3.8, 4) is 0 Å². The van der Waals surface area contributed by atoms with Gasteiger partial charge in [0.2, 0.25) is 0 Å². The third-order valence-electron chi connectivity index (χ3n) is 3.58. The summed E-state index contributed by atoms with van der Waals surface area (Å²) < 4.78 is 26.3. The molecule has 0 unspecified atom stereocenters. The van der Waals surface area contributed by atoms with Gasteiger partial charge in [-0.1, -0.05) is 35.9 Å². The molecule has 0 amide bonds. The van der Waals surface area contributed by atoms with E-state index in [4.69, 9.17) is 11.6 Å². The molecule has 112 valence electrons. The zero-order valence-corrected chi connectivity index (χ0v) is 11.9. The van der Waals surface area contributed by atoms with Crippen molar-refractivity contribution in [3.05, 3.63) is 70.2 Å². The molecule has 0 saturated carbocycles. The maximum absolute atomic E-state index is 13.3. The zero-order chi connectivity index (χ0) is 15.5. The number of rotatable bonds is 5. The summed E-state index contributed by atoms with van der Waals surface area (Å²) in [5.74, 6) is -1.90. The molecule has 0 aliphatic heterocycles. The van der Waals surface area contributed by atoms with Crippen LogP contribution in [-0.2, 0) is 11.8 Å². The molecule has 0 aliphatic carbocycles. The first-order valence-electron chi connectivity index (χ1n) is 6.43. The van der Waals surface area contributed by atoms with E-state index in [2.05, 4.69) is 0 Å². The van der Waals surface area contributed by atoms with Crippen LogP contribution >= 0.6 is 11.6 Å². The molecule has 0 radical (unpaired) electrons. The molecule has 2 aromatic rings. The van der Waals surface area contributed by atoms with Crippen LogP contribution in [0.4, 0.5) is 8.78 Å². The summed E-state index contributed by atoms with van der Waals surface area (Å²) in [5, 5.41) is 19.9. The van der Waals surface area contributed by atoms with E-state index in [1.807, 2.05) is 0 Å². The van der Waals surface area contributed by atoms with Crippen molar-refractivity contribution < 1.29 is 19.0 Å². The van der Waals surface area contributed by atoms with E-state index in [-0.39, 0.29) is 19.6 Å². The molecule has 0 aromatic heterocycles. The van der Waals surface area contributed by atoms with Crippen LogP contribution in [0.5, 0.6) is 0 Å². The molecule has 0 atom stereocenters. The first-order chi connectivity index (χ1) is 10.0. The largest absolute Gasteiger partial charge is 0.395 e. The second kappa shape index (κ2) is 6.52. The molecular weight excluding hydrogens is 298 g/mol. The fraction of sp³-hybridized carbons (Fsp3) is 0.250. The average molecular weight is 313 g/mol. The quantitative estimate of drug-likeness (QED) is 0.891. The van der Waals surface area contributed by atoms with E-state index < -0.39 is 17.0 Å². The Bertz CT molecular complexity index is 627. The van der Waals surface area contributed by atoms with Crippen molar-refractivity contribution in [2.45, 2.75) is 11.8 Å². The Morgan fingerprint density at radius 3 is 2.19 bits per heavy atom. The molecule has 5 heteroatoms. The van der Waals surface area contributed by atoms with E-state index in [0.717, 1.165) is 12.1 Å². The molecule has 0 spiro atoms. The summed E-state index contributed by atoms with van der Waals surface area (Å²) >= 11 is 6.13. The Hall–Kier alpha value is -1.49. The van der Waals surface area contributed by atoms with Crippen LogP contribution in [0.1, 0.15) is 11.1 Å². The van der Waals surface area contributed by atoms with Crippen LogP contribution < -0.4 is 0 Å². The minimum Gasteiger partial charge on any atom is -0.395 e. The Balaban J connectivity index is 2.43. The lowest BCUT2D eigenvalue weighted by molar-refractivity contribution is 0.116. The Morgan fingerprint density at radius 2 is 1.62 bits per heavy atom. The van der Waals surface area contributed by atoms with Crippen molar-refractivity contribution in [2.24, 2.45) is 0 Å². The Morgan fingerprint density at radius 1 is 0.952 bits per heavy atom. The lowest BCUT2D eigenvalue weighted by Gasteiger charge is -2.31. The van der Waals surface area contributed by atoms with E-state index in [1.54, 1.807) is 24.3 Å². The van der Waals surface area contributed by atoms with Gasteiger partial charge in [-0.05, 0) is 35.7 Å². The van der Waals surface area contributed by atoms with Crippen LogP contribution in [0.3, 0.4) is 0 Å². The van der Waals surface area contributed by atoms with E-state index in [9.17, 15) is 19.0 Å². The Labute approximate surface area is 126 Å². The molecule has 2 N–H and O–H groups in total. The van der Waals surface area contributed by atoms with Crippen LogP contribution in [0, 0.1) is 11.6 Å². The second-order valence-electron chi connectivity index (χ2n) is 5.00. The highest BCUT2D eigenvalue weighted by Gasteiger charge is 2.33. The van der Waals surface area contributed by atoms with Gasteiger partial charge in [-0.15, -0.1) is 0 Å². The monoisotopic (exact) mass is 312 g/mol. The number of aliphatic hydroxyl groups excluding tert-OH is 2. The highest BCUT2D eigenvalue weighted by atomic mass is 35.5. The van der Waals surface area contributed by atoms with Crippen LogP contribution in [0.25, 0.3) is 0 Å². The molecular formula is C16H15ClF2O2. The van der Waals surface area contributed by atoms with Gasteiger partial charge >= 0.3 is 0 Å². The van der Waals surface area contributed by atoms with Crippen molar-refractivity contribution >= 4 is 11.6 Å². The molecule has 0 fully saturated rings. The first kappa shape index (κ1) is 15.9. The van der Waals surface area contributed by atoms with E-state index in [0.29, 0.717) is 16.1 Å². The molecule has 2 aromatic carbocycles. The van der Waals surface area contributed by atoms with Crippen LogP contribution in [-0.4, -0.2) is 23.4 Å². The number of aliphatic hydroxyl groups is 2. The summed E-state index contributed by atoms with van der Waals surface area (Å²) in [6, 6.07) is 10.4. The highest BCUT2D eigenvalue weighted by Crippen LogP contribution is 2.33. The lowest BCUT2D eigenvalue weighted by atomic mass is 9.77. The SMILES string of the molecule is OCC(CO)(Cc1ccc(F)c(F)c1)c1ccccc1Cl. The van der Waals surface area contributed by atoms with Gasteiger partial charge in [0, 0.05) is 10.4 Å². The van der Waals surface area contributed by atoms with Gasteiger partial charge in [-0.3, -0.25) is 0 Å². The third-order valence-corrected chi connectivity index (χ3v) is 3.91. The minimum atomic E-state index is -1.05. The standard InChI is InChI=1S/C16H15ClF2O2/c17-13-4-2-1-3-12(13)16(9-20,10-21)8-11-5-6-14(18)15(19)7-11/h1-7,20-21H,8-10H2. The van der Waals surface area contributed by atoms with Crippen molar-refractivity contribution in [1.82, 2.24) is 0 Å². The molecule has 0 heterocycles. The lowest BCUT2D eigenvalue weighted by Crippen LogP contribution is -2.37. The smallest absolute Gasteiger partial charge is 0.159 e. The highest BCUT2D eigenvalue weighted by molar-refractivity contribution is 6.31. The van der Waals surface area contributed by atoms with Gasteiger partial charge < -0.3 is 10.2 Å². The third kappa shape index (κ3) is 3.23. The van der Waals surface area contributed by atoms with Gasteiger partial charge in [-0.25, -0.2) is 8.78 Å². The molecule has 0 saturated heterocycles. The second-order valence-corrected chi connectivity index (χ2v) is 5.41. The molecule has 2 rings (SSSR count). The van der Waals surface area contributed by atoms with Crippen molar-refractivity contribution in [3.63, 3.8) is 0 Å². The molecule has 2 nitrogen and oxygen atoms in total. The maximum atomic E-state index is 13.3. The van der Waals surface area contributed by atoms with Gasteiger partial charge in [0.25, 0.3) is 0 Å².